The van der Waals surface area contributed by atoms with Crippen LogP contribution in [0.1, 0.15) is 16.1 Å². The number of carbonyl (C=O) groups excluding carboxylic acids is 1. The molecule has 7 heteroatoms. The maximum Gasteiger partial charge on any atom is 0.251 e. The molecular weight excluding hydrogens is 292 g/mol. The van der Waals surface area contributed by atoms with Crippen molar-refractivity contribution in [2.24, 2.45) is 0 Å². The smallest absolute Gasteiger partial charge is 0.251 e. The molecule has 0 saturated heterocycles. The fourth-order valence-corrected chi connectivity index (χ4v) is 2.20. The molecule has 2 N–H and O–H groups in total. The third-order valence-corrected chi connectivity index (χ3v) is 3.32. The molecule has 0 radical (unpaired) electrons. The molecule has 21 heavy (non-hydrogen) atoms. The first-order valence-electron chi connectivity index (χ1n) is 6.31. The first-order valence-corrected chi connectivity index (χ1v) is 7.26. The van der Waals surface area contributed by atoms with E-state index in [9.17, 15) is 4.79 Å². The van der Waals surface area contributed by atoms with Gasteiger partial charge in [0, 0.05) is 17.5 Å². The van der Waals surface area contributed by atoms with Gasteiger partial charge < -0.3 is 19.9 Å². The second-order valence-corrected chi connectivity index (χ2v) is 4.83. The number of nitrogens with one attached hydrogen (secondary N) is 1. The van der Waals surface area contributed by atoms with Gasteiger partial charge in [-0.05, 0) is 18.2 Å². The molecule has 1 aromatic heterocycles. The van der Waals surface area contributed by atoms with Crippen molar-refractivity contribution in [1.82, 2.24) is 10.3 Å². The van der Waals surface area contributed by atoms with Gasteiger partial charge in [0.25, 0.3) is 5.91 Å². The molecule has 0 atom stereocenters. The largest absolute Gasteiger partial charge is 0.493 e. The third kappa shape index (κ3) is 4.17. The lowest BCUT2D eigenvalue weighted by molar-refractivity contribution is 0.0944. The van der Waals surface area contributed by atoms with Crippen LogP contribution >= 0.6 is 11.3 Å². The van der Waals surface area contributed by atoms with Crippen molar-refractivity contribution in [2.75, 3.05) is 20.3 Å². The van der Waals surface area contributed by atoms with Crippen molar-refractivity contribution in [3.63, 3.8) is 0 Å². The summed E-state index contributed by atoms with van der Waals surface area (Å²) in [6.07, 6.45) is 0. The van der Waals surface area contributed by atoms with E-state index in [1.54, 1.807) is 23.7 Å². The summed E-state index contributed by atoms with van der Waals surface area (Å²) in [5, 5.41) is 13.2. The van der Waals surface area contributed by atoms with Gasteiger partial charge in [0.1, 0.15) is 6.61 Å². The molecule has 1 amide bonds. The van der Waals surface area contributed by atoms with E-state index in [1.807, 2.05) is 5.38 Å². The second-order valence-electron chi connectivity index (χ2n) is 4.11. The number of aliphatic hydroxyl groups excluding tert-OH is 1. The van der Waals surface area contributed by atoms with Crippen molar-refractivity contribution < 1.29 is 19.4 Å². The summed E-state index contributed by atoms with van der Waals surface area (Å²) in [4.78, 5) is 15.9. The number of aliphatic hydroxyl groups is 1. The highest BCUT2D eigenvalue weighted by Gasteiger charge is 2.11. The standard InChI is InChI=1S/C14H16N2O4S/c1-19-13-6-10(14(18)15-4-5-17)2-3-12(13)20-7-11-8-21-9-16-11/h2-3,6,8-9,17H,4-5,7H2,1H3,(H,15,18). The monoisotopic (exact) mass is 308 g/mol. The minimum atomic E-state index is -0.270. The maximum absolute atomic E-state index is 11.8. The average molecular weight is 308 g/mol. The Labute approximate surface area is 126 Å². The molecule has 0 bridgehead atoms. The number of rotatable bonds is 7. The van der Waals surface area contributed by atoms with Gasteiger partial charge in [-0.3, -0.25) is 4.79 Å². The van der Waals surface area contributed by atoms with E-state index < -0.39 is 0 Å². The average Bonchev–Trinajstić information content (AvgIpc) is 3.03. The number of thiazole rings is 1. The Hall–Kier alpha value is -2.12. The molecule has 1 heterocycles. The molecule has 0 aliphatic heterocycles. The van der Waals surface area contributed by atoms with Crippen molar-refractivity contribution in [2.45, 2.75) is 6.61 Å². The van der Waals surface area contributed by atoms with Crippen LogP contribution in [0, 0.1) is 0 Å². The van der Waals surface area contributed by atoms with Crippen LogP contribution in [0.5, 0.6) is 11.5 Å². The van der Waals surface area contributed by atoms with Crippen molar-refractivity contribution in [3.05, 3.63) is 40.3 Å². The quantitative estimate of drug-likeness (QED) is 0.809. The Kier molecular flexibility index (Phi) is 5.53. The summed E-state index contributed by atoms with van der Waals surface area (Å²) in [5.41, 5.74) is 3.03. The van der Waals surface area contributed by atoms with E-state index in [2.05, 4.69) is 10.3 Å². The highest BCUT2D eigenvalue weighted by molar-refractivity contribution is 7.07. The number of hydrogen-bond acceptors (Lipinski definition) is 6. The Bertz CT molecular complexity index is 587. The highest BCUT2D eigenvalue weighted by atomic mass is 32.1. The zero-order valence-electron chi connectivity index (χ0n) is 11.5. The van der Waals surface area contributed by atoms with Crippen LogP contribution in [0.4, 0.5) is 0 Å². The number of benzene rings is 1. The topological polar surface area (TPSA) is 80.7 Å². The van der Waals surface area contributed by atoms with Gasteiger partial charge in [-0.25, -0.2) is 4.98 Å². The lowest BCUT2D eigenvalue weighted by atomic mass is 10.2. The lowest BCUT2D eigenvalue weighted by Crippen LogP contribution is -2.26. The summed E-state index contributed by atoms with van der Waals surface area (Å²) in [5.74, 6) is 0.750. The zero-order chi connectivity index (χ0) is 15.1. The summed E-state index contributed by atoms with van der Waals surface area (Å²) in [6, 6.07) is 4.92. The molecule has 0 aliphatic rings. The fourth-order valence-electron chi connectivity index (χ4n) is 1.66. The van der Waals surface area contributed by atoms with Crippen LogP contribution in [0.3, 0.4) is 0 Å². The summed E-state index contributed by atoms with van der Waals surface area (Å²) in [6.45, 7) is 0.455. The molecule has 112 valence electrons. The number of amides is 1. The number of carbonyl (C=O) groups is 1. The van der Waals surface area contributed by atoms with Crippen LogP contribution in [-0.4, -0.2) is 36.3 Å². The van der Waals surface area contributed by atoms with E-state index in [1.165, 1.54) is 18.4 Å². The number of ether oxygens (including phenoxy) is 2. The van der Waals surface area contributed by atoms with Gasteiger partial charge in [-0.2, -0.15) is 0 Å². The van der Waals surface area contributed by atoms with E-state index in [4.69, 9.17) is 14.6 Å². The van der Waals surface area contributed by atoms with Gasteiger partial charge in [0.2, 0.25) is 0 Å². The van der Waals surface area contributed by atoms with Crippen molar-refractivity contribution in [1.29, 1.82) is 0 Å². The van der Waals surface area contributed by atoms with Crippen LogP contribution in [0.15, 0.2) is 29.1 Å². The highest BCUT2D eigenvalue weighted by Crippen LogP contribution is 2.28. The Balaban J connectivity index is 2.07. The van der Waals surface area contributed by atoms with Gasteiger partial charge >= 0.3 is 0 Å². The maximum atomic E-state index is 11.8. The molecule has 2 aromatic rings. The SMILES string of the molecule is COc1cc(C(=O)NCCO)ccc1OCc1cscn1. The lowest BCUT2D eigenvalue weighted by Gasteiger charge is -2.11. The first kappa shape index (κ1) is 15.3. The minimum absolute atomic E-state index is 0.0995. The third-order valence-electron chi connectivity index (χ3n) is 2.68. The summed E-state index contributed by atoms with van der Waals surface area (Å²) >= 11 is 1.50. The minimum Gasteiger partial charge on any atom is -0.493 e. The molecule has 1 aromatic carbocycles. The molecule has 0 unspecified atom stereocenters. The van der Waals surface area contributed by atoms with Gasteiger partial charge in [-0.15, -0.1) is 11.3 Å². The van der Waals surface area contributed by atoms with Crippen molar-refractivity contribution in [3.8, 4) is 11.5 Å². The Morgan fingerprint density at radius 2 is 2.29 bits per heavy atom. The van der Waals surface area contributed by atoms with Crippen LogP contribution in [0.2, 0.25) is 0 Å². The van der Waals surface area contributed by atoms with Gasteiger partial charge in [0.15, 0.2) is 11.5 Å². The predicted molar refractivity (Wildman–Crippen MR) is 78.9 cm³/mol. The van der Waals surface area contributed by atoms with E-state index >= 15 is 0 Å². The molecule has 6 nitrogen and oxygen atoms in total. The van der Waals surface area contributed by atoms with Gasteiger partial charge in [-0.1, -0.05) is 0 Å². The number of aromatic nitrogens is 1. The van der Waals surface area contributed by atoms with E-state index in [0.29, 0.717) is 23.7 Å². The Morgan fingerprint density at radius 3 is 2.95 bits per heavy atom. The molecule has 0 aliphatic carbocycles. The number of hydrogen-bond donors (Lipinski definition) is 2. The van der Waals surface area contributed by atoms with Crippen LogP contribution < -0.4 is 14.8 Å². The van der Waals surface area contributed by atoms with E-state index in [0.717, 1.165) is 5.69 Å². The molecule has 0 spiro atoms. The Morgan fingerprint density at radius 1 is 1.43 bits per heavy atom. The summed E-state index contributed by atoms with van der Waals surface area (Å²) in [7, 11) is 1.51. The van der Waals surface area contributed by atoms with E-state index in [-0.39, 0.29) is 19.1 Å². The summed E-state index contributed by atoms with van der Waals surface area (Å²) < 4.78 is 10.9. The number of methoxy groups -OCH3 is 1. The predicted octanol–water partition coefficient (Wildman–Crippen LogP) is 1.45. The molecule has 0 saturated carbocycles. The van der Waals surface area contributed by atoms with Crippen LogP contribution in [-0.2, 0) is 6.61 Å². The molecule has 0 fully saturated rings. The zero-order valence-corrected chi connectivity index (χ0v) is 12.4. The number of nitrogens with zero attached hydrogens (tertiary/aromatic N) is 1. The van der Waals surface area contributed by atoms with Crippen LogP contribution in [0.25, 0.3) is 0 Å². The first-order chi connectivity index (χ1) is 10.2. The molecular formula is C14H16N2O4S. The van der Waals surface area contributed by atoms with Gasteiger partial charge in [0.05, 0.1) is 24.9 Å². The molecule has 2 rings (SSSR count). The normalized spacial score (nSPS) is 10.2. The second kappa shape index (κ2) is 7.61. The fraction of sp³-hybridized carbons (Fsp3) is 0.286. The van der Waals surface area contributed by atoms with Crippen molar-refractivity contribution >= 4 is 17.2 Å².